The molecule has 2 amide bonds. The first kappa shape index (κ1) is 22.2. The van der Waals surface area contributed by atoms with Crippen molar-refractivity contribution in [1.82, 2.24) is 4.90 Å². The van der Waals surface area contributed by atoms with E-state index in [4.69, 9.17) is 4.74 Å². The third kappa shape index (κ3) is 5.37. The first-order valence-electron chi connectivity index (χ1n) is 9.58. The fourth-order valence-electron chi connectivity index (χ4n) is 2.75. The molecule has 1 aliphatic rings. The Morgan fingerprint density at radius 3 is 2.39 bits per heavy atom. The van der Waals surface area contributed by atoms with Gasteiger partial charge in [0.2, 0.25) is 0 Å². The number of Topliss-reactive ketones (excluding diaryl/α,β-unsaturated/α-hetero) is 1. The predicted octanol–water partition coefficient (Wildman–Crippen LogP) is 4.69. The summed E-state index contributed by atoms with van der Waals surface area (Å²) in [7, 11) is 0. The van der Waals surface area contributed by atoms with E-state index in [9.17, 15) is 24.5 Å². The van der Waals surface area contributed by atoms with Crippen LogP contribution in [0.5, 0.6) is 5.75 Å². The van der Waals surface area contributed by atoms with E-state index in [1.807, 2.05) is 13.8 Å². The highest BCUT2D eigenvalue weighted by Gasteiger charge is 2.36. The number of thioether (sulfide) groups is 1. The molecule has 8 nitrogen and oxygen atoms in total. The molecule has 0 aromatic heterocycles. The number of ether oxygens (including phenoxy) is 1. The van der Waals surface area contributed by atoms with Gasteiger partial charge in [0.25, 0.3) is 16.8 Å². The standard InChI is InChI=1S/C22H20N2O6S/c1-3-14(2)30-18-10-4-15(5-11-18)12-20-21(26)23(22(27)31-20)13-19(25)16-6-8-17(9-7-16)24(28)29/h4-12,14H,3,13H2,1-2H3/b20-12-/t14-/m1/s1. The number of amides is 2. The van der Waals surface area contributed by atoms with Gasteiger partial charge >= 0.3 is 0 Å². The van der Waals surface area contributed by atoms with Crippen LogP contribution in [0.15, 0.2) is 53.4 Å². The Labute approximate surface area is 183 Å². The third-order valence-corrected chi connectivity index (χ3v) is 5.57. The number of nitrogens with zero attached hydrogens (tertiary/aromatic N) is 2. The molecule has 0 unspecified atom stereocenters. The van der Waals surface area contributed by atoms with Crippen LogP contribution in [0.2, 0.25) is 0 Å². The Bertz CT molecular complexity index is 1050. The summed E-state index contributed by atoms with van der Waals surface area (Å²) in [4.78, 5) is 48.6. The van der Waals surface area contributed by atoms with Crippen LogP contribution in [-0.4, -0.2) is 39.4 Å². The summed E-state index contributed by atoms with van der Waals surface area (Å²) in [5, 5.41) is 10.2. The summed E-state index contributed by atoms with van der Waals surface area (Å²) in [6.07, 6.45) is 2.57. The maximum Gasteiger partial charge on any atom is 0.293 e. The van der Waals surface area contributed by atoms with Crippen LogP contribution < -0.4 is 4.74 Å². The van der Waals surface area contributed by atoms with Gasteiger partial charge in [0.1, 0.15) is 5.75 Å². The second-order valence-electron chi connectivity index (χ2n) is 6.90. The number of hydrogen-bond acceptors (Lipinski definition) is 7. The highest BCUT2D eigenvalue weighted by atomic mass is 32.2. The summed E-state index contributed by atoms with van der Waals surface area (Å²) in [6.45, 7) is 3.57. The van der Waals surface area contributed by atoms with E-state index < -0.39 is 28.4 Å². The van der Waals surface area contributed by atoms with E-state index >= 15 is 0 Å². The van der Waals surface area contributed by atoms with Gasteiger partial charge in [-0.15, -0.1) is 0 Å². The summed E-state index contributed by atoms with van der Waals surface area (Å²) < 4.78 is 5.72. The van der Waals surface area contributed by atoms with Crippen LogP contribution in [-0.2, 0) is 4.79 Å². The number of rotatable bonds is 8. The van der Waals surface area contributed by atoms with Crippen molar-refractivity contribution in [3.63, 3.8) is 0 Å². The molecule has 0 N–H and O–H groups in total. The summed E-state index contributed by atoms with van der Waals surface area (Å²) in [5.74, 6) is -0.316. The summed E-state index contributed by atoms with van der Waals surface area (Å²) in [5.41, 5.74) is 0.764. The number of non-ortho nitro benzene ring substituents is 1. The molecular formula is C22H20N2O6S. The fraction of sp³-hybridized carbons (Fsp3) is 0.227. The van der Waals surface area contributed by atoms with E-state index in [-0.39, 0.29) is 22.3 Å². The second kappa shape index (κ2) is 9.57. The Morgan fingerprint density at radius 2 is 1.81 bits per heavy atom. The van der Waals surface area contributed by atoms with Crippen molar-refractivity contribution in [3.8, 4) is 5.75 Å². The Kier molecular flexibility index (Phi) is 6.86. The Morgan fingerprint density at radius 1 is 1.16 bits per heavy atom. The van der Waals surface area contributed by atoms with E-state index in [0.29, 0.717) is 5.75 Å². The minimum Gasteiger partial charge on any atom is -0.491 e. The normalized spacial score (nSPS) is 15.9. The van der Waals surface area contributed by atoms with Gasteiger partial charge in [-0.1, -0.05) is 19.1 Å². The van der Waals surface area contributed by atoms with Gasteiger partial charge in [0.15, 0.2) is 5.78 Å². The van der Waals surface area contributed by atoms with Crippen molar-refractivity contribution >= 4 is 40.5 Å². The van der Waals surface area contributed by atoms with Gasteiger partial charge in [0, 0.05) is 17.7 Å². The molecule has 0 spiro atoms. The SMILES string of the molecule is CC[C@@H](C)Oc1ccc(/C=C2\SC(=O)N(CC(=O)c3ccc([N+](=O)[O-])cc3)C2=O)cc1. The van der Waals surface area contributed by atoms with Crippen molar-refractivity contribution in [3.05, 3.63) is 74.7 Å². The zero-order valence-electron chi connectivity index (χ0n) is 16.9. The average Bonchev–Trinajstić information content (AvgIpc) is 3.02. The molecule has 2 aromatic rings. The number of benzene rings is 2. The number of nitro groups is 1. The summed E-state index contributed by atoms with van der Waals surface area (Å²) in [6, 6.07) is 12.2. The fourth-order valence-corrected chi connectivity index (χ4v) is 3.59. The molecule has 1 heterocycles. The maximum absolute atomic E-state index is 12.6. The monoisotopic (exact) mass is 440 g/mol. The molecule has 2 aromatic carbocycles. The van der Waals surface area contributed by atoms with Crippen molar-refractivity contribution in [2.45, 2.75) is 26.4 Å². The quantitative estimate of drug-likeness (QED) is 0.254. The molecule has 31 heavy (non-hydrogen) atoms. The molecule has 0 radical (unpaired) electrons. The van der Waals surface area contributed by atoms with E-state index in [2.05, 4.69) is 0 Å². The highest BCUT2D eigenvalue weighted by Crippen LogP contribution is 2.32. The van der Waals surface area contributed by atoms with Crippen LogP contribution in [0, 0.1) is 10.1 Å². The lowest BCUT2D eigenvalue weighted by Crippen LogP contribution is -2.33. The first-order chi connectivity index (χ1) is 14.8. The maximum atomic E-state index is 12.6. The van der Waals surface area contributed by atoms with Crippen LogP contribution in [0.4, 0.5) is 10.5 Å². The predicted molar refractivity (Wildman–Crippen MR) is 117 cm³/mol. The molecular weight excluding hydrogens is 420 g/mol. The van der Waals surface area contributed by atoms with E-state index in [1.165, 1.54) is 24.3 Å². The van der Waals surface area contributed by atoms with Crippen LogP contribution in [0.25, 0.3) is 6.08 Å². The molecule has 1 fully saturated rings. The number of ketones is 1. The van der Waals surface area contributed by atoms with Gasteiger partial charge in [-0.2, -0.15) is 0 Å². The first-order valence-corrected chi connectivity index (χ1v) is 10.4. The van der Waals surface area contributed by atoms with Gasteiger partial charge < -0.3 is 4.74 Å². The number of imide groups is 1. The Hall–Kier alpha value is -3.46. The molecule has 1 saturated heterocycles. The molecule has 1 atom stereocenters. The lowest BCUT2D eigenvalue weighted by atomic mass is 10.1. The lowest BCUT2D eigenvalue weighted by molar-refractivity contribution is -0.384. The van der Waals surface area contributed by atoms with Crippen molar-refractivity contribution in [1.29, 1.82) is 0 Å². The van der Waals surface area contributed by atoms with Crippen molar-refractivity contribution in [2.24, 2.45) is 0 Å². The number of carbonyl (C=O) groups excluding carboxylic acids is 3. The molecule has 1 aliphatic heterocycles. The van der Waals surface area contributed by atoms with Crippen LogP contribution in [0.3, 0.4) is 0 Å². The molecule has 160 valence electrons. The number of hydrogen-bond donors (Lipinski definition) is 0. The van der Waals surface area contributed by atoms with Crippen LogP contribution >= 0.6 is 11.8 Å². The molecule has 0 bridgehead atoms. The second-order valence-corrected chi connectivity index (χ2v) is 7.89. The van der Waals surface area contributed by atoms with Gasteiger partial charge in [-0.3, -0.25) is 29.4 Å². The third-order valence-electron chi connectivity index (χ3n) is 4.67. The van der Waals surface area contributed by atoms with E-state index in [1.54, 1.807) is 30.3 Å². The largest absolute Gasteiger partial charge is 0.491 e. The van der Waals surface area contributed by atoms with Gasteiger partial charge in [-0.05, 0) is 61.0 Å². The smallest absolute Gasteiger partial charge is 0.293 e. The number of nitro benzene ring substituents is 1. The molecule has 9 heteroatoms. The van der Waals surface area contributed by atoms with Gasteiger partial charge in [-0.25, -0.2) is 0 Å². The van der Waals surface area contributed by atoms with Crippen molar-refractivity contribution < 1.29 is 24.0 Å². The van der Waals surface area contributed by atoms with Crippen molar-refractivity contribution in [2.75, 3.05) is 6.54 Å². The van der Waals surface area contributed by atoms with Gasteiger partial charge in [0.05, 0.1) is 22.5 Å². The van der Waals surface area contributed by atoms with E-state index in [0.717, 1.165) is 28.6 Å². The number of carbonyl (C=O) groups is 3. The zero-order valence-corrected chi connectivity index (χ0v) is 17.8. The van der Waals surface area contributed by atoms with Crippen LogP contribution in [0.1, 0.15) is 36.2 Å². The average molecular weight is 440 g/mol. The minimum atomic E-state index is -0.571. The molecule has 0 aliphatic carbocycles. The highest BCUT2D eigenvalue weighted by molar-refractivity contribution is 8.18. The topological polar surface area (TPSA) is 107 Å². The summed E-state index contributed by atoms with van der Waals surface area (Å²) >= 11 is 0.764. The molecule has 0 saturated carbocycles. The minimum absolute atomic E-state index is 0.0932. The lowest BCUT2D eigenvalue weighted by Gasteiger charge is -2.12. The molecule has 3 rings (SSSR count). The zero-order chi connectivity index (χ0) is 22.5. The Balaban J connectivity index is 1.68.